The lowest BCUT2D eigenvalue weighted by molar-refractivity contribution is 0.0930. The van der Waals surface area contributed by atoms with Gasteiger partial charge in [0, 0.05) is 17.3 Å². The van der Waals surface area contributed by atoms with Gasteiger partial charge in [-0.2, -0.15) is 0 Å². The Morgan fingerprint density at radius 2 is 1.70 bits per heavy atom. The molecule has 1 aliphatic carbocycles. The molecule has 0 saturated heterocycles. The van der Waals surface area contributed by atoms with Gasteiger partial charge in [-0.15, -0.1) is 0 Å². The Morgan fingerprint density at radius 1 is 1.15 bits per heavy atom. The van der Waals surface area contributed by atoms with Crippen LogP contribution in [0.1, 0.15) is 58.3 Å². The fourth-order valence-electron chi connectivity index (χ4n) is 3.43. The quantitative estimate of drug-likeness (QED) is 0.732. The van der Waals surface area contributed by atoms with Gasteiger partial charge in [0.2, 0.25) is 0 Å². The first-order chi connectivity index (χ1) is 9.34. The summed E-state index contributed by atoms with van der Waals surface area (Å²) < 4.78 is 23.1. The molecule has 0 aliphatic heterocycles. The van der Waals surface area contributed by atoms with E-state index in [0.717, 1.165) is 19.3 Å². The molecule has 20 heavy (non-hydrogen) atoms. The summed E-state index contributed by atoms with van der Waals surface area (Å²) in [5.74, 6) is 0.516. The highest BCUT2D eigenvalue weighted by Crippen LogP contribution is 2.34. The maximum absolute atomic E-state index is 11.6. The molecule has 0 radical (unpaired) electrons. The molecule has 0 spiro atoms. The third kappa shape index (κ3) is 4.71. The van der Waals surface area contributed by atoms with Crippen molar-refractivity contribution in [2.45, 2.75) is 69.9 Å². The predicted octanol–water partition coefficient (Wildman–Crippen LogP) is 2.18. The highest BCUT2D eigenvalue weighted by Gasteiger charge is 2.38. The lowest BCUT2D eigenvalue weighted by Gasteiger charge is -2.44. The Bertz CT molecular complexity index is 371. The van der Waals surface area contributed by atoms with Crippen LogP contribution in [-0.4, -0.2) is 50.5 Å². The van der Waals surface area contributed by atoms with Gasteiger partial charge in [-0.1, -0.05) is 32.6 Å². The summed E-state index contributed by atoms with van der Waals surface area (Å²) in [4.78, 5) is 2.29. The molecular formula is C15H32N2O2S. The van der Waals surface area contributed by atoms with Gasteiger partial charge in [0.25, 0.3) is 0 Å². The molecule has 1 unspecified atom stereocenters. The molecular weight excluding hydrogens is 272 g/mol. The number of nitrogens with two attached hydrogens (primary N) is 1. The minimum Gasteiger partial charge on any atom is -0.326 e. The third-order valence-corrected chi connectivity index (χ3v) is 6.75. The first-order valence-electron chi connectivity index (χ1n) is 7.97. The van der Waals surface area contributed by atoms with E-state index >= 15 is 0 Å². The molecule has 0 amide bonds. The molecule has 4 nitrogen and oxygen atoms in total. The SMILES string of the molecule is CCS(=O)(=O)CCCC(N)C1(N(C)C)CCCCCC1. The van der Waals surface area contributed by atoms with Crippen molar-refractivity contribution in [1.29, 1.82) is 0 Å². The summed E-state index contributed by atoms with van der Waals surface area (Å²) in [5.41, 5.74) is 6.55. The Balaban J connectivity index is 2.62. The first kappa shape index (κ1) is 17.9. The minimum absolute atomic E-state index is 0.0620. The van der Waals surface area contributed by atoms with E-state index < -0.39 is 9.84 Å². The molecule has 1 saturated carbocycles. The molecule has 2 N–H and O–H groups in total. The van der Waals surface area contributed by atoms with Gasteiger partial charge in [0.1, 0.15) is 9.84 Å². The van der Waals surface area contributed by atoms with Crippen LogP contribution in [0.3, 0.4) is 0 Å². The number of rotatable bonds is 7. The lowest BCUT2D eigenvalue weighted by Crippen LogP contribution is -2.57. The van der Waals surface area contributed by atoms with Crippen LogP contribution in [-0.2, 0) is 9.84 Å². The van der Waals surface area contributed by atoms with Crippen LogP contribution in [0.5, 0.6) is 0 Å². The van der Waals surface area contributed by atoms with Crippen molar-refractivity contribution < 1.29 is 8.42 Å². The van der Waals surface area contributed by atoms with Crippen molar-refractivity contribution in [1.82, 2.24) is 4.90 Å². The number of nitrogens with zero attached hydrogens (tertiary/aromatic N) is 1. The van der Waals surface area contributed by atoms with Crippen molar-refractivity contribution in [3.63, 3.8) is 0 Å². The third-order valence-electron chi connectivity index (χ3n) is 4.96. The molecule has 1 aliphatic rings. The molecule has 0 aromatic heterocycles. The van der Waals surface area contributed by atoms with E-state index in [-0.39, 0.29) is 23.1 Å². The topological polar surface area (TPSA) is 63.4 Å². The van der Waals surface area contributed by atoms with Crippen molar-refractivity contribution in [2.24, 2.45) is 5.73 Å². The van der Waals surface area contributed by atoms with Crippen molar-refractivity contribution >= 4 is 9.84 Å². The molecule has 1 rings (SSSR count). The van der Waals surface area contributed by atoms with Crippen LogP contribution < -0.4 is 5.73 Å². The van der Waals surface area contributed by atoms with Gasteiger partial charge in [0.15, 0.2) is 0 Å². The number of likely N-dealkylation sites (N-methyl/N-ethyl adjacent to an activating group) is 1. The van der Waals surface area contributed by atoms with Gasteiger partial charge < -0.3 is 10.6 Å². The zero-order valence-electron chi connectivity index (χ0n) is 13.4. The zero-order chi connectivity index (χ0) is 15.2. The number of hydrogen-bond acceptors (Lipinski definition) is 4. The van der Waals surface area contributed by atoms with Gasteiger partial charge in [-0.05, 0) is 39.8 Å². The van der Waals surface area contributed by atoms with E-state index in [1.165, 1.54) is 25.7 Å². The zero-order valence-corrected chi connectivity index (χ0v) is 14.2. The molecule has 1 atom stereocenters. The summed E-state index contributed by atoms with van der Waals surface area (Å²) >= 11 is 0. The largest absolute Gasteiger partial charge is 0.326 e. The highest BCUT2D eigenvalue weighted by atomic mass is 32.2. The second-order valence-electron chi connectivity index (χ2n) is 6.40. The fourth-order valence-corrected chi connectivity index (χ4v) is 4.32. The van der Waals surface area contributed by atoms with Crippen LogP contribution in [0.25, 0.3) is 0 Å². The van der Waals surface area contributed by atoms with Crippen LogP contribution >= 0.6 is 0 Å². The summed E-state index contributed by atoms with van der Waals surface area (Å²) in [7, 11) is 1.38. The second-order valence-corrected chi connectivity index (χ2v) is 8.87. The number of sulfone groups is 1. The second kappa shape index (κ2) is 7.76. The fraction of sp³-hybridized carbons (Fsp3) is 1.00. The molecule has 0 bridgehead atoms. The van der Waals surface area contributed by atoms with Crippen LogP contribution in [0.4, 0.5) is 0 Å². The first-order valence-corrected chi connectivity index (χ1v) is 9.79. The summed E-state index contributed by atoms with van der Waals surface area (Å²) in [6.45, 7) is 1.71. The molecule has 0 aromatic rings. The standard InChI is InChI=1S/C15H32N2O2S/c1-4-20(18,19)13-9-10-14(16)15(17(2)3)11-7-5-6-8-12-15/h14H,4-13,16H2,1-3H3. The van der Waals surface area contributed by atoms with Crippen molar-refractivity contribution in [2.75, 3.05) is 25.6 Å². The van der Waals surface area contributed by atoms with Crippen molar-refractivity contribution in [3.8, 4) is 0 Å². The Kier molecular flexibility index (Phi) is 6.95. The van der Waals surface area contributed by atoms with Gasteiger partial charge in [-0.25, -0.2) is 8.42 Å². The summed E-state index contributed by atoms with van der Waals surface area (Å²) in [5, 5.41) is 0. The minimum atomic E-state index is -2.86. The molecule has 5 heteroatoms. The average Bonchev–Trinajstić information content (AvgIpc) is 2.65. The van der Waals surface area contributed by atoms with Crippen LogP contribution in [0, 0.1) is 0 Å². The predicted molar refractivity (Wildman–Crippen MR) is 85.7 cm³/mol. The molecule has 1 fully saturated rings. The monoisotopic (exact) mass is 304 g/mol. The van der Waals surface area contributed by atoms with Crippen LogP contribution in [0.2, 0.25) is 0 Å². The molecule has 120 valence electrons. The maximum atomic E-state index is 11.6. The molecule has 0 aromatic carbocycles. The van der Waals surface area contributed by atoms with Gasteiger partial charge >= 0.3 is 0 Å². The van der Waals surface area contributed by atoms with Gasteiger partial charge in [0.05, 0.1) is 5.75 Å². The summed E-state index contributed by atoms with van der Waals surface area (Å²) in [6.07, 6.45) is 8.84. The van der Waals surface area contributed by atoms with E-state index in [2.05, 4.69) is 19.0 Å². The summed E-state index contributed by atoms with van der Waals surface area (Å²) in [6, 6.07) is 0.0719. The Morgan fingerprint density at radius 3 is 2.15 bits per heavy atom. The smallest absolute Gasteiger partial charge is 0.150 e. The van der Waals surface area contributed by atoms with Crippen molar-refractivity contribution in [3.05, 3.63) is 0 Å². The highest BCUT2D eigenvalue weighted by molar-refractivity contribution is 7.91. The average molecular weight is 305 g/mol. The van der Waals surface area contributed by atoms with E-state index in [0.29, 0.717) is 6.42 Å². The van der Waals surface area contributed by atoms with Crippen LogP contribution in [0.15, 0.2) is 0 Å². The van der Waals surface area contributed by atoms with E-state index in [1.807, 2.05) is 0 Å². The molecule has 0 heterocycles. The normalized spacial score (nSPS) is 21.6. The van der Waals surface area contributed by atoms with E-state index in [1.54, 1.807) is 6.92 Å². The van der Waals surface area contributed by atoms with Gasteiger partial charge in [-0.3, -0.25) is 0 Å². The maximum Gasteiger partial charge on any atom is 0.150 e. The Labute approximate surface area is 125 Å². The van der Waals surface area contributed by atoms with E-state index in [9.17, 15) is 8.42 Å². The number of hydrogen-bond donors (Lipinski definition) is 1. The Hall–Kier alpha value is -0.130. The lowest BCUT2D eigenvalue weighted by atomic mass is 9.80. The van der Waals surface area contributed by atoms with E-state index in [4.69, 9.17) is 5.73 Å².